The summed E-state index contributed by atoms with van der Waals surface area (Å²) in [5, 5.41) is 7.15. The molecule has 0 spiro atoms. The number of nitrogens with one attached hydrogen (secondary N) is 1. The number of hydrogen-bond donors (Lipinski definition) is 1. The van der Waals surface area contributed by atoms with Crippen LogP contribution < -0.4 is 10.1 Å². The van der Waals surface area contributed by atoms with Gasteiger partial charge in [0, 0.05) is 25.1 Å². The number of para-hydroxylation sites is 2. The van der Waals surface area contributed by atoms with Crippen LogP contribution in [0.1, 0.15) is 31.2 Å². The van der Waals surface area contributed by atoms with E-state index in [0.717, 1.165) is 30.5 Å². The highest BCUT2D eigenvalue weighted by Gasteiger charge is 2.26. The molecule has 0 radical (unpaired) electrons. The fourth-order valence-corrected chi connectivity index (χ4v) is 3.98. The van der Waals surface area contributed by atoms with Gasteiger partial charge in [0.25, 0.3) is 0 Å². The number of benzene rings is 2. The van der Waals surface area contributed by atoms with E-state index < -0.39 is 0 Å². The van der Waals surface area contributed by atoms with Crippen LogP contribution in [-0.2, 0) is 6.42 Å². The van der Waals surface area contributed by atoms with E-state index in [9.17, 15) is 4.79 Å². The lowest BCUT2D eigenvalue weighted by molar-refractivity contribution is 0.173. The number of carbonyl (C=O) groups excluding carboxylic acids is 1. The van der Waals surface area contributed by atoms with Gasteiger partial charge in [0.15, 0.2) is 0 Å². The Hall–Kier alpha value is -3.35. The van der Waals surface area contributed by atoms with Crippen LogP contribution in [0.3, 0.4) is 0 Å². The molecule has 1 aromatic heterocycles. The van der Waals surface area contributed by atoms with Crippen molar-refractivity contribution in [1.29, 1.82) is 0 Å². The smallest absolute Gasteiger partial charge is 0.321 e. The molecule has 1 aliphatic heterocycles. The third-order valence-corrected chi connectivity index (χ3v) is 5.55. The fourth-order valence-electron chi connectivity index (χ4n) is 3.98. The summed E-state index contributed by atoms with van der Waals surface area (Å²) in [4.78, 5) is 19.3. The van der Waals surface area contributed by atoms with Crippen molar-refractivity contribution in [3.05, 3.63) is 60.0 Å². The van der Waals surface area contributed by atoms with E-state index >= 15 is 0 Å². The number of hydrogen-bond acceptors (Lipinski definition) is 5. The van der Waals surface area contributed by atoms with Gasteiger partial charge in [0.05, 0.1) is 12.3 Å². The monoisotopic (exact) mass is 420 g/mol. The Morgan fingerprint density at radius 2 is 2.03 bits per heavy atom. The molecule has 7 heteroatoms. The molecule has 0 aliphatic carbocycles. The number of aromatic nitrogens is 2. The molecule has 0 bridgehead atoms. The van der Waals surface area contributed by atoms with Crippen LogP contribution in [0.25, 0.3) is 11.4 Å². The first-order valence-corrected chi connectivity index (χ1v) is 10.8. The second-order valence-electron chi connectivity index (χ2n) is 7.84. The minimum absolute atomic E-state index is 0.108. The summed E-state index contributed by atoms with van der Waals surface area (Å²) >= 11 is 0. The average molecular weight is 421 g/mol. The molecule has 4 rings (SSSR count). The predicted molar refractivity (Wildman–Crippen MR) is 119 cm³/mol. The number of urea groups is 1. The number of carbonyl (C=O) groups is 1. The van der Waals surface area contributed by atoms with E-state index in [0.29, 0.717) is 42.7 Å². The quantitative estimate of drug-likeness (QED) is 0.611. The molecule has 162 valence electrons. The number of aryl methyl sites for hydroxylation is 1. The molecule has 1 N–H and O–H groups in total. The largest absolute Gasteiger partial charge is 0.492 e. The molecule has 3 aromatic rings. The number of rotatable bonds is 6. The summed E-state index contributed by atoms with van der Waals surface area (Å²) < 4.78 is 11.1. The van der Waals surface area contributed by atoms with Crippen LogP contribution in [0.15, 0.2) is 53.1 Å². The summed E-state index contributed by atoms with van der Waals surface area (Å²) in [6.07, 6.45) is 2.64. The normalized spacial score (nSPS) is 16.2. The standard InChI is InChI=1S/C24H28N4O3/c1-3-30-21-13-7-6-12-20(21)25-24(29)28-14-8-10-18(16-28)15-22-26-23(27-31-22)19-11-5-4-9-17(19)2/h4-7,9,11-13,18H,3,8,10,14-16H2,1-2H3,(H,25,29). The third-order valence-electron chi connectivity index (χ3n) is 5.55. The van der Waals surface area contributed by atoms with Crippen LogP contribution in [0.5, 0.6) is 5.75 Å². The first-order valence-electron chi connectivity index (χ1n) is 10.8. The summed E-state index contributed by atoms with van der Waals surface area (Å²) in [6, 6.07) is 15.4. The summed E-state index contributed by atoms with van der Waals surface area (Å²) in [5.41, 5.74) is 2.79. The molecule has 2 heterocycles. The van der Waals surface area contributed by atoms with E-state index in [1.165, 1.54) is 0 Å². The second-order valence-corrected chi connectivity index (χ2v) is 7.84. The van der Waals surface area contributed by atoms with Gasteiger partial charge in [-0.3, -0.25) is 0 Å². The van der Waals surface area contributed by atoms with Crippen molar-refractivity contribution < 1.29 is 14.1 Å². The molecule has 7 nitrogen and oxygen atoms in total. The third kappa shape index (κ3) is 5.05. The molecule has 1 atom stereocenters. The van der Waals surface area contributed by atoms with Gasteiger partial charge in [-0.05, 0) is 50.3 Å². The van der Waals surface area contributed by atoms with Crippen molar-refractivity contribution in [1.82, 2.24) is 15.0 Å². The number of amides is 2. The maximum absolute atomic E-state index is 12.9. The van der Waals surface area contributed by atoms with Gasteiger partial charge < -0.3 is 19.5 Å². The van der Waals surface area contributed by atoms with E-state index in [2.05, 4.69) is 15.5 Å². The molecular formula is C24H28N4O3. The van der Waals surface area contributed by atoms with Crippen molar-refractivity contribution in [3.8, 4) is 17.1 Å². The zero-order chi connectivity index (χ0) is 21.6. The summed E-state index contributed by atoms with van der Waals surface area (Å²) in [6.45, 7) is 5.90. The second kappa shape index (κ2) is 9.64. The van der Waals surface area contributed by atoms with E-state index in [4.69, 9.17) is 9.26 Å². The lowest BCUT2D eigenvalue weighted by atomic mass is 9.95. The average Bonchev–Trinajstić information content (AvgIpc) is 3.24. The molecule has 31 heavy (non-hydrogen) atoms. The van der Waals surface area contributed by atoms with Crippen molar-refractivity contribution in [3.63, 3.8) is 0 Å². The number of anilines is 1. The highest BCUT2D eigenvalue weighted by atomic mass is 16.5. The van der Waals surface area contributed by atoms with Crippen molar-refractivity contribution >= 4 is 11.7 Å². The Kier molecular flexibility index (Phi) is 6.50. The van der Waals surface area contributed by atoms with E-state index in [1.54, 1.807) is 0 Å². The Morgan fingerprint density at radius 1 is 1.23 bits per heavy atom. The zero-order valence-corrected chi connectivity index (χ0v) is 18.0. The van der Waals surface area contributed by atoms with Gasteiger partial charge in [-0.1, -0.05) is 41.6 Å². The topological polar surface area (TPSA) is 80.5 Å². The lowest BCUT2D eigenvalue weighted by Crippen LogP contribution is -2.42. The lowest BCUT2D eigenvalue weighted by Gasteiger charge is -2.32. The van der Waals surface area contributed by atoms with Gasteiger partial charge in [0.2, 0.25) is 11.7 Å². The van der Waals surface area contributed by atoms with Crippen LogP contribution in [0.2, 0.25) is 0 Å². The predicted octanol–water partition coefficient (Wildman–Crippen LogP) is 4.93. The first kappa shape index (κ1) is 20.9. The molecular weight excluding hydrogens is 392 g/mol. The fraction of sp³-hybridized carbons (Fsp3) is 0.375. The molecule has 2 aromatic carbocycles. The molecule has 0 saturated carbocycles. The highest BCUT2D eigenvalue weighted by molar-refractivity contribution is 5.91. The Bertz CT molecular complexity index is 1030. The van der Waals surface area contributed by atoms with E-state index in [-0.39, 0.29) is 11.9 Å². The van der Waals surface area contributed by atoms with Crippen molar-refractivity contribution in [2.45, 2.75) is 33.1 Å². The summed E-state index contributed by atoms with van der Waals surface area (Å²) in [5.74, 6) is 2.20. The van der Waals surface area contributed by atoms with Crippen LogP contribution in [-0.4, -0.2) is 40.8 Å². The SMILES string of the molecule is CCOc1ccccc1NC(=O)N1CCCC(Cc2nc(-c3ccccc3C)no2)C1. The minimum atomic E-state index is -0.108. The molecule has 1 fully saturated rings. The van der Waals surface area contributed by atoms with Crippen molar-refractivity contribution in [2.75, 3.05) is 25.0 Å². The Morgan fingerprint density at radius 3 is 2.87 bits per heavy atom. The Balaban J connectivity index is 1.38. The number of ether oxygens (including phenoxy) is 1. The van der Waals surface area contributed by atoms with Crippen molar-refractivity contribution in [2.24, 2.45) is 5.92 Å². The first-order chi connectivity index (χ1) is 15.1. The minimum Gasteiger partial charge on any atom is -0.492 e. The van der Waals surface area contributed by atoms with Crippen LogP contribution in [0.4, 0.5) is 10.5 Å². The maximum atomic E-state index is 12.9. The number of nitrogens with zero attached hydrogens (tertiary/aromatic N) is 3. The zero-order valence-electron chi connectivity index (χ0n) is 18.0. The molecule has 2 amide bonds. The molecule has 1 unspecified atom stereocenters. The van der Waals surface area contributed by atoms with Crippen LogP contribution >= 0.6 is 0 Å². The summed E-state index contributed by atoms with van der Waals surface area (Å²) in [7, 11) is 0. The maximum Gasteiger partial charge on any atom is 0.321 e. The van der Waals surface area contributed by atoms with Gasteiger partial charge in [0.1, 0.15) is 5.75 Å². The Labute approximate surface area is 182 Å². The van der Waals surface area contributed by atoms with Crippen LogP contribution in [0, 0.1) is 12.8 Å². The highest BCUT2D eigenvalue weighted by Crippen LogP contribution is 2.26. The van der Waals surface area contributed by atoms with Gasteiger partial charge in [-0.25, -0.2) is 4.79 Å². The van der Waals surface area contributed by atoms with Gasteiger partial charge >= 0.3 is 6.03 Å². The van der Waals surface area contributed by atoms with Gasteiger partial charge in [-0.2, -0.15) is 4.98 Å². The molecule has 1 aliphatic rings. The number of piperidine rings is 1. The van der Waals surface area contributed by atoms with Gasteiger partial charge in [-0.15, -0.1) is 0 Å². The number of likely N-dealkylation sites (tertiary alicyclic amines) is 1. The molecule has 1 saturated heterocycles. The van der Waals surface area contributed by atoms with E-state index in [1.807, 2.05) is 67.3 Å².